The molecule has 1 amide bonds. The number of hydrogen-bond donors (Lipinski definition) is 2. The molecule has 0 radical (unpaired) electrons. The quantitative estimate of drug-likeness (QED) is 0.390. The molecule has 0 fully saturated rings. The summed E-state index contributed by atoms with van der Waals surface area (Å²) in [5.41, 5.74) is 4.18. The molecule has 0 aliphatic rings. The molecule has 0 saturated heterocycles. The molecule has 3 aromatic heterocycles. The van der Waals surface area contributed by atoms with Crippen molar-refractivity contribution in [1.29, 1.82) is 0 Å². The maximum atomic E-state index is 13.3. The molecule has 0 aliphatic carbocycles. The van der Waals surface area contributed by atoms with E-state index in [1.165, 1.54) is 20.8 Å². The first-order chi connectivity index (χ1) is 15.9. The first-order valence-electron chi connectivity index (χ1n) is 10.9. The lowest BCUT2D eigenvalue weighted by atomic mass is 10.2. The number of hydrogen-bond acceptors (Lipinski definition) is 8. The monoisotopic (exact) mass is 476 g/mol. The third-order valence-electron chi connectivity index (χ3n) is 5.14. The van der Waals surface area contributed by atoms with Crippen LogP contribution in [0.5, 0.6) is 0 Å². The van der Waals surface area contributed by atoms with Gasteiger partial charge in [0.2, 0.25) is 5.91 Å². The standard InChI is InChI=1S/C20H28N8O4S/c1-3-5-7-11-25(16-17(21)26(10-6-4-2)19(31)22-18(16)30)14(29)13-27-20(32)28(24-23-27)15-9-8-12-33-15/h8-9,12H,3-7,10-11,13,21H2,1-2H3,(H,22,30,31). The molecule has 0 aromatic carbocycles. The zero-order valence-electron chi connectivity index (χ0n) is 18.7. The first-order valence-corrected chi connectivity index (χ1v) is 11.8. The highest BCUT2D eigenvalue weighted by molar-refractivity contribution is 7.12. The van der Waals surface area contributed by atoms with Crippen LogP contribution in [-0.2, 0) is 17.9 Å². The number of nitrogens with one attached hydrogen (secondary N) is 1. The number of carbonyl (C=O) groups excluding carboxylic acids is 1. The van der Waals surface area contributed by atoms with Crippen molar-refractivity contribution in [2.45, 2.75) is 59.0 Å². The van der Waals surface area contributed by atoms with E-state index in [0.29, 0.717) is 24.4 Å². The Hall–Kier alpha value is -3.48. The average Bonchev–Trinajstić information content (AvgIpc) is 3.42. The van der Waals surface area contributed by atoms with E-state index in [9.17, 15) is 19.2 Å². The van der Waals surface area contributed by atoms with E-state index in [1.54, 1.807) is 17.5 Å². The van der Waals surface area contributed by atoms with Gasteiger partial charge in [0.15, 0.2) is 5.69 Å². The molecule has 3 N–H and O–H groups in total. The third-order valence-corrected chi connectivity index (χ3v) is 5.99. The van der Waals surface area contributed by atoms with Gasteiger partial charge in [0.25, 0.3) is 5.56 Å². The zero-order valence-corrected chi connectivity index (χ0v) is 19.5. The van der Waals surface area contributed by atoms with E-state index in [1.807, 2.05) is 13.8 Å². The summed E-state index contributed by atoms with van der Waals surface area (Å²) in [5, 5.41) is 10.0. The van der Waals surface area contributed by atoms with Crippen LogP contribution in [0.2, 0.25) is 0 Å². The molecule has 178 valence electrons. The predicted molar refractivity (Wildman–Crippen MR) is 126 cm³/mol. The maximum Gasteiger partial charge on any atom is 0.369 e. The maximum absolute atomic E-state index is 13.3. The molecule has 0 aliphatic heterocycles. The second-order valence-corrected chi connectivity index (χ2v) is 8.46. The molecule has 0 unspecified atom stereocenters. The highest BCUT2D eigenvalue weighted by Gasteiger charge is 2.25. The topological polar surface area (TPSA) is 154 Å². The lowest BCUT2D eigenvalue weighted by Gasteiger charge is -2.24. The molecular formula is C20H28N8O4S. The van der Waals surface area contributed by atoms with Gasteiger partial charge in [-0.05, 0) is 40.8 Å². The summed E-state index contributed by atoms with van der Waals surface area (Å²) in [6.07, 6.45) is 3.85. The van der Waals surface area contributed by atoms with Crippen LogP contribution >= 0.6 is 11.3 Å². The van der Waals surface area contributed by atoms with E-state index in [4.69, 9.17) is 5.73 Å². The van der Waals surface area contributed by atoms with Crippen LogP contribution in [0.4, 0.5) is 11.5 Å². The molecule has 3 aromatic rings. The minimum Gasteiger partial charge on any atom is -0.383 e. The number of amides is 1. The molecule has 33 heavy (non-hydrogen) atoms. The number of aromatic amines is 1. The number of tetrazole rings is 1. The van der Waals surface area contributed by atoms with Gasteiger partial charge >= 0.3 is 11.4 Å². The highest BCUT2D eigenvalue weighted by atomic mass is 32.1. The van der Waals surface area contributed by atoms with Crippen molar-refractivity contribution in [3.8, 4) is 5.00 Å². The van der Waals surface area contributed by atoms with Crippen molar-refractivity contribution in [3.63, 3.8) is 0 Å². The summed E-state index contributed by atoms with van der Waals surface area (Å²) in [6.45, 7) is 4.08. The Labute approximate surface area is 193 Å². The van der Waals surface area contributed by atoms with Gasteiger partial charge in [-0.15, -0.1) is 11.3 Å². The molecule has 3 rings (SSSR count). The Morgan fingerprint density at radius 1 is 1.15 bits per heavy atom. The van der Waals surface area contributed by atoms with Gasteiger partial charge in [-0.1, -0.05) is 33.1 Å². The van der Waals surface area contributed by atoms with Crippen molar-refractivity contribution >= 4 is 28.7 Å². The van der Waals surface area contributed by atoms with Gasteiger partial charge in [-0.3, -0.25) is 19.1 Å². The fraction of sp³-hybridized carbons (Fsp3) is 0.500. The van der Waals surface area contributed by atoms with E-state index in [2.05, 4.69) is 15.4 Å². The van der Waals surface area contributed by atoms with E-state index in [0.717, 1.165) is 28.6 Å². The molecule has 0 spiro atoms. The Morgan fingerprint density at radius 2 is 1.91 bits per heavy atom. The smallest absolute Gasteiger partial charge is 0.369 e. The van der Waals surface area contributed by atoms with Crippen molar-refractivity contribution in [1.82, 2.24) is 29.3 Å². The lowest BCUT2D eigenvalue weighted by molar-refractivity contribution is -0.119. The number of nitrogens with two attached hydrogens (primary N) is 1. The Morgan fingerprint density at radius 3 is 2.58 bits per heavy atom. The summed E-state index contributed by atoms with van der Waals surface area (Å²) < 4.78 is 3.30. The van der Waals surface area contributed by atoms with E-state index >= 15 is 0 Å². The Bertz CT molecular complexity index is 1250. The lowest BCUT2D eigenvalue weighted by Crippen LogP contribution is -2.44. The highest BCUT2D eigenvalue weighted by Crippen LogP contribution is 2.19. The number of H-pyrrole nitrogens is 1. The van der Waals surface area contributed by atoms with Crippen LogP contribution in [0.1, 0.15) is 46.0 Å². The minimum atomic E-state index is -0.746. The van der Waals surface area contributed by atoms with Gasteiger partial charge in [0, 0.05) is 13.1 Å². The molecule has 0 atom stereocenters. The zero-order chi connectivity index (χ0) is 24.0. The second-order valence-electron chi connectivity index (χ2n) is 7.53. The van der Waals surface area contributed by atoms with Gasteiger partial charge in [0.05, 0.1) is 0 Å². The average molecular weight is 477 g/mol. The Kier molecular flexibility index (Phi) is 7.98. The molecule has 3 heterocycles. The number of nitrogens with zero attached hydrogens (tertiary/aromatic N) is 6. The fourth-order valence-electron chi connectivity index (χ4n) is 3.37. The fourth-order valence-corrected chi connectivity index (χ4v) is 4.04. The molecule has 13 heteroatoms. The number of carbonyl (C=O) groups is 1. The number of unbranched alkanes of at least 4 members (excludes halogenated alkanes) is 3. The molecule has 12 nitrogen and oxygen atoms in total. The minimum absolute atomic E-state index is 0.0726. The van der Waals surface area contributed by atoms with Crippen molar-refractivity contribution in [2.75, 3.05) is 17.2 Å². The number of rotatable bonds is 11. The predicted octanol–water partition coefficient (Wildman–Crippen LogP) is 0.946. The van der Waals surface area contributed by atoms with Gasteiger partial charge < -0.3 is 10.6 Å². The number of thiophene rings is 1. The van der Waals surface area contributed by atoms with Crippen molar-refractivity contribution in [2.24, 2.45) is 0 Å². The van der Waals surface area contributed by atoms with Crippen LogP contribution in [0.15, 0.2) is 31.9 Å². The number of aromatic nitrogens is 6. The van der Waals surface area contributed by atoms with Crippen LogP contribution in [0.3, 0.4) is 0 Å². The normalized spacial score (nSPS) is 11.1. The first kappa shape index (κ1) is 24.2. The third kappa shape index (κ3) is 5.30. The van der Waals surface area contributed by atoms with Gasteiger partial charge in [0.1, 0.15) is 17.4 Å². The molecule has 0 bridgehead atoms. The van der Waals surface area contributed by atoms with Crippen LogP contribution < -0.4 is 27.6 Å². The van der Waals surface area contributed by atoms with Gasteiger partial charge in [-0.2, -0.15) is 9.36 Å². The van der Waals surface area contributed by atoms with E-state index in [-0.39, 0.29) is 18.1 Å². The summed E-state index contributed by atoms with van der Waals surface area (Å²) in [5.74, 6) is -0.624. The van der Waals surface area contributed by atoms with Gasteiger partial charge in [-0.25, -0.2) is 9.59 Å². The summed E-state index contributed by atoms with van der Waals surface area (Å²) in [6, 6.07) is 3.48. The molecular weight excluding hydrogens is 448 g/mol. The summed E-state index contributed by atoms with van der Waals surface area (Å²) >= 11 is 1.31. The molecule has 0 saturated carbocycles. The van der Waals surface area contributed by atoms with Crippen molar-refractivity contribution < 1.29 is 4.79 Å². The number of nitrogen functional groups attached to an aromatic ring is 1. The largest absolute Gasteiger partial charge is 0.383 e. The van der Waals surface area contributed by atoms with E-state index < -0.39 is 29.4 Å². The Balaban J connectivity index is 1.97. The summed E-state index contributed by atoms with van der Waals surface area (Å²) in [4.78, 5) is 54.4. The van der Waals surface area contributed by atoms with Crippen molar-refractivity contribution in [3.05, 3.63) is 48.8 Å². The van der Waals surface area contributed by atoms with Crippen LogP contribution in [0, 0.1) is 0 Å². The SMILES string of the molecule is CCCCCN(C(=O)Cn1nnn(-c2cccs2)c1=O)c1c(N)n(CCCC)c(=O)[nH]c1=O. The second kappa shape index (κ2) is 10.9. The van der Waals surface area contributed by atoms with Crippen LogP contribution in [-0.4, -0.2) is 41.8 Å². The number of anilines is 2. The van der Waals surface area contributed by atoms with Crippen LogP contribution in [0.25, 0.3) is 5.00 Å². The summed E-state index contributed by atoms with van der Waals surface area (Å²) in [7, 11) is 0.